The maximum Gasteiger partial charge on any atom is 0.0415 e. The smallest absolute Gasteiger partial charge is 0.0415 e. The number of halogens is 1. The fraction of sp³-hybridized carbons (Fsp3) is 0.143. The second-order valence-electron chi connectivity index (χ2n) is 4.16. The van der Waals surface area contributed by atoms with E-state index >= 15 is 0 Å². The molecule has 2 aromatic carbocycles. The Kier molecular flexibility index (Phi) is 3.38. The molecule has 17 heavy (non-hydrogen) atoms. The van der Waals surface area contributed by atoms with E-state index in [-0.39, 0.29) is 0 Å². The van der Waals surface area contributed by atoms with Crippen molar-refractivity contribution in [1.82, 2.24) is 0 Å². The summed E-state index contributed by atoms with van der Waals surface area (Å²) in [6, 6.07) is 12.1. The Labute approximate surface area is 110 Å². The van der Waals surface area contributed by atoms with Gasteiger partial charge in [-0.25, -0.2) is 0 Å². The number of hydrogen-bond donors (Lipinski definition) is 2. The van der Waals surface area contributed by atoms with Crippen molar-refractivity contribution in [3.8, 4) is 0 Å². The van der Waals surface area contributed by atoms with Crippen LogP contribution in [0, 0.1) is 13.8 Å². The molecule has 0 spiro atoms. The predicted octanol–water partition coefficient (Wildman–Crippen LogP) is 4.39. The summed E-state index contributed by atoms with van der Waals surface area (Å²) < 4.78 is 1.12. The number of benzene rings is 2. The Hall–Kier alpha value is -1.48. The highest BCUT2D eigenvalue weighted by molar-refractivity contribution is 9.10. The molecule has 2 nitrogen and oxygen atoms in total. The Morgan fingerprint density at radius 2 is 1.76 bits per heavy atom. The van der Waals surface area contributed by atoms with Crippen molar-refractivity contribution in [3.05, 3.63) is 52.0 Å². The van der Waals surface area contributed by atoms with Crippen LogP contribution in [0.2, 0.25) is 0 Å². The number of rotatable bonds is 2. The van der Waals surface area contributed by atoms with Crippen molar-refractivity contribution >= 4 is 33.0 Å². The zero-order valence-corrected chi connectivity index (χ0v) is 11.5. The fourth-order valence-corrected chi connectivity index (χ4v) is 1.95. The van der Waals surface area contributed by atoms with Crippen molar-refractivity contribution in [1.29, 1.82) is 0 Å². The highest BCUT2D eigenvalue weighted by Crippen LogP contribution is 2.25. The molecule has 0 heterocycles. The molecular formula is C14H15BrN2. The predicted molar refractivity (Wildman–Crippen MR) is 77.8 cm³/mol. The third kappa shape index (κ3) is 2.80. The average Bonchev–Trinajstić information content (AvgIpc) is 2.27. The van der Waals surface area contributed by atoms with Gasteiger partial charge in [0, 0.05) is 21.5 Å². The highest BCUT2D eigenvalue weighted by atomic mass is 79.9. The van der Waals surface area contributed by atoms with E-state index in [1.54, 1.807) is 0 Å². The number of anilines is 3. The van der Waals surface area contributed by atoms with Crippen LogP contribution in [0.5, 0.6) is 0 Å². The summed E-state index contributed by atoms with van der Waals surface area (Å²) in [5.41, 5.74) is 11.0. The standard InChI is InChI=1S/C14H15BrN2/c1-9-8-12(4-5-13(9)15)17-14-6-3-11(16)7-10(14)2/h3-8,17H,16H2,1-2H3. The topological polar surface area (TPSA) is 38.0 Å². The molecule has 2 aromatic rings. The number of nitrogens with one attached hydrogen (secondary N) is 1. The van der Waals surface area contributed by atoms with Crippen molar-refractivity contribution < 1.29 is 0 Å². The van der Waals surface area contributed by atoms with Gasteiger partial charge in [0.1, 0.15) is 0 Å². The molecule has 0 aliphatic rings. The lowest BCUT2D eigenvalue weighted by Gasteiger charge is -2.11. The van der Waals surface area contributed by atoms with Gasteiger partial charge in [-0.1, -0.05) is 15.9 Å². The van der Waals surface area contributed by atoms with Gasteiger partial charge in [0.2, 0.25) is 0 Å². The van der Waals surface area contributed by atoms with Crippen LogP contribution in [0.25, 0.3) is 0 Å². The van der Waals surface area contributed by atoms with Crippen LogP contribution in [0.3, 0.4) is 0 Å². The molecule has 3 heteroatoms. The fourth-order valence-electron chi connectivity index (χ4n) is 1.71. The lowest BCUT2D eigenvalue weighted by atomic mass is 10.1. The van der Waals surface area contributed by atoms with Crippen molar-refractivity contribution in [2.45, 2.75) is 13.8 Å². The zero-order valence-electron chi connectivity index (χ0n) is 9.92. The lowest BCUT2D eigenvalue weighted by molar-refractivity contribution is 1.39. The molecule has 2 rings (SSSR count). The number of nitrogens with two attached hydrogens (primary N) is 1. The minimum Gasteiger partial charge on any atom is -0.399 e. The van der Waals surface area contributed by atoms with E-state index in [9.17, 15) is 0 Å². The highest BCUT2D eigenvalue weighted by Gasteiger charge is 2.01. The molecule has 0 aromatic heterocycles. The molecule has 0 radical (unpaired) electrons. The van der Waals surface area contributed by atoms with Crippen LogP contribution in [0.4, 0.5) is 17.1 Å². The third-order valence-corrected chi connectivity index (χ3v) is 3.58. The third-order valence-electron chi connectivity index (χ3n) is 2.69. The van der Waals surface area contributed by atoms with Gasteiger partial charge in [-0.05, 0) is 61.4 Å². The van der Waals surface area contributed by atoms with Gasteiger partial charge < -0.3 is 11.1 Å². The average molecular weight is 291 g/mol. The maximum atomic E-state index is 5.73. The van der Waals surface area contributed by atoms with Crippen LogP contribution in [-0.2, 0) is 0 Å². The first-order valence-electron chi connectivity index (χ1n) is 5.45. The molecule has 0 bridgehead atoms. The van der Waals surface area contributed by atoms with Gasteiger partial charge in [0.15, 0.2) is 0 Å². The molecule has 0 aliphatic heterocycles. The number of aryl methyl sites for hydroxylation is 2. The van der Waals surface area contributed by atoms with Crippen LogP contribution < -0.4 is 11.1 Å². The van der Waals surface area contributed by atoms with Crippen molar-refractivity contribution in [3.63, 3.8) is 0 Å². The van der Waals surface area contributed by atoms with E-state index in [0.717, 1.165) is 27.1 Å². The first-order valence-corrected chi connectivity index (χ1v) is 6.25. The summed E-state index contributed by atoms with van der Waals surface area (Å²) in [5, 5.41) is 3.39. The number of nitrogen functional groups attached to an aromatic ring is 1. The first kappa shape index (κ1) is 12.0. The Morgan fingerprint density at radius 1 is 1.00 bits per heavy atom. The summed E-state index contributed by atoms with van der Waals surface area (Å²) in [4.78, 5) is 0. The summed E-state index contributed by atoms with van der Waals surface area (Å²) in [6.07, 6.45) is 0. The Morgan fingerprint density at radius 3 is 2.41 bits per heavy atom. The van der Waals surface area contributed by atoms with Crippen molar-refractivity contribution in [2.75, 3.05) is 11.1 Å². The summed E-state index contributed by atoms with van der Waals surface area (Å²) >= 11 is 3.49. The Balaban J connectivity index is 2.28. The Bertz CT molecular complexity index is 550. The quantitative estimate of drug-likeness (QED) is 0.805. The van der Waals surface area contributed by atoms with E-state index in [2.05, 4.69) is 34.2 Å². The van der Waals surface area contributed by atoms with Gasteiger partial charge in [0.05, 0.1) is 0 Å². The summed E-state index contributed by atoms with van der Waals surface area (Å²) in [6.45, 7) is 4.12. The molecule has 88 valence electrons. The first-order chi connectivity index (χ1) is 8.06. The molecule has 0 fully saturated rings. The molecule has 0 saturated carbocycles. The van der Waals surface area contributed by atoms with Crippen molar-refractivity contribution in [2.24, 2.45) is 0 Å². The zero-order chi connectivity index (χ0) is 12.4. The molecule has 0 saturated heterocycles. The van der Waals surface area contributed by atoms with Gasteiger partial charge >= 0.3 is 0 Å². The normalized spacial score (nSPS) is 10.3. The van der Waals surface area contributed by atoms with Crippen LogP contribution in [-0.4, -0.2) is 0 Å². The van der Waals surface area contributed by atoms with E-state index < -0.39 is 0 Å². The second-order valence-corrected chi connectivity index (χ2v) is 5.02. The van der Waals surface area contributed by atoms with E-state index in [1.165, 1.54) is 5.56 Å². The van der Waals surface area contributed by atoms with Crippen LogP contribution in [0.1, 0.15) is 11.1 Å². The monoisotopic (exact) mass is 290 g/mol. The van der Waals surface area contributed by atoms with E-state index in [0.29, 0.717) is 0 Å². The minimum absolute atomic E-state index is 0.792. The summed E-state index contributed by atoms with van der Waals surface area (Å²) in [7, 11) is 0. The molecular weight excluding hydrogens is 276 g/mol. The molecule has 0 aliphatic carbocycles. The number of hydrogen-bond acceptors (Lipinski definition) is 2. The second kappa shape index (κ2) is 4.80. The van der Waals surface area contributed by atoms with E-state index in [1.807, 2.05) is 37.3 Å². The molecule has 0 amide bonds. The molecule has 0 unspecified atom stereocenters. The van der Waals surface area contributed by atoms with Gasteiger partial charge in [-0.2, -0.15) is 0 Å². The van der Waals surface area contributed by atoms with Gasteiger partial charge in [-0.15, -0.1) is 0 Å². The maximum absolute atomic E-state index is 5.73. The van der Waals surface area contributed by atoms with Crippen LogP contribution in [0.15, 0.2) is 40.9 Å². The SMILES string of the molecule is Cc1cc(Nc2ccc(N)cc2C)ccc1Br. The largest absolute Gasteiger partial charge is 0.399 e. The van der Waals surface area contributed by atoms with Gasteiger partial charge in [-0.3, -0.25) is 0 Å². The minimum atomic E-state index is 0.792. The lowest BCUT2D eigenvalue weighted by Crippen LogP contribution is -1.95. The molecule has 0 atom stereocenters. The molecule has 3 N–H and O–H groups in total. The van der Waals surface area contributed by atoms with Crippen LogP contribution >= 0.6 is 15.9 Å². The van der Waals surface area contributed by atoms with Gasteiger partial charge in [0.25, 0.3) is 0 Å². The van der Waals surface area contributed by atoms with E-state index in [4.69, 9.17) is 5.73 Å². The summed E-state index contributed by atoms with van der Waals surface area (Å²) in [5.74, 6) is 0.